The Morgan fingerprint density at radius 3 is 2.28 bits per heavy atom. The summed E-state index contributed by atoms with van der Waals surface area (Å²) >= 11 is 0. The average molecular weight is 263 g/mol. The van der Waals surface area contributed by atoms with Gasteiger partial charge in [-0.25, -0.2) is 4.39 Å². The summed E-state index contributed by atoms with van der Waals surface area (Å²) in [5.41, 5.74) is 4.18. The van der Waals surface area contributed by atoms with Crippen LogP contribution >= 0.6 is 0 Å². The summed E-state index contributed by atoms with van der Waals surface area (Å²) < 4.78 is 51.0. The van der Waals surface area contributed by atoms with E-state index < -0.39 is 23.1 Å². The Hall–Kier alpha value is -1.10. The van der Waals surface area contributed by atoms with Gasteiger partial charge in [0.2, 0.25) is 0 Å². The van der Waals surface area contributed by atoms with Gasteiger partial charge in [0.15, 0.2) is 0 Å². The van der Waals surface area contributed by atoms with Crippen LogP contribution in [0.2, 0.25) is 0 Å². The summed E-state index contributed by atoms with van der Waals surface area (Å²) in [7, 11) is 0. The molecule has 0 aliphatic carbocycles. The van der Waals surface area contributed by atoms with Gasteiger partial charge in [0.1, 0.15) is 5.82 Å². The molecule has 1 aromatic carbocycles. The fourth-order valence-electron chi connectivity index (χ4n) is 1.79. The van der Waals surface area contributed by atoms with Crippen molar-refractivity contribution in [2.75, 3.05) is 0 Å². The zero-order valence-corrected chi connectivity index (χ0v) is 10.6. The molecule has 102 valence electrons. The number of rotatable bonds is 3. The number of benzene rings is 1. The fourth-order valence-corrected chi connectivity index (χ4v) is 1.79. The van der Waals surface area contributed by atoms with E-state index in [-0.39, 0.29) is 5.92 Å². The molecular weight excluding hydrogens is 246 g/mol. The number of halogens is 4. The second-order valence-electron chi connectivity index (χ2n) is 4.78. The average Bonchev–Trinajstić information content (AvgIpc) is 2.26. The van der Waals surface area contributed by atoms with Gasteiger partial charge < -0.3 is 5.73 Å². The van der Waals surface area contributed by atoms with Gasteiger partial charge in [-0.05, 0) is 30.5 Å². The van der Waals surface area contributed by atoms with Gasteiger partial charge in [0.05, 0.1) is 5.56 Å². The van der Waals surface area contributed by atoms with E-state index in [2.05, 4.69) is 0 Å². The summed E-state index contributed by atoms with van der Waals surface area (Å²) in [6.07, 6.45) is -3.97. The Morgan fingerprint density at radius 2 is 1.83 bits per heavy atom. The minimum atomic E-state index is -4.70. The summed E-state index contributed by atoms with van der Waals surface area (Å²) in [4.78, 5) is 0. The van der Waals surface area contributed by atoms with Gasteiger partial charge >= 0.3 is 6.18 Å². The van der Waals surface area contributed by atoms with Crippen molar-refractivity contribution >= 4 is 0 Å². The molecule has 1 rings (SSSR count). The van der Waals surface area contributed by atoms with Gasteiger partial charge in [0.25, 0.3) is 0 Å². The minimum Gasteiger partial charge on any atom is -0.321 e. The van der Waals surface area contributed by atoms with Gasteiger partial charge in [0, 0.05) is 5.54 Å². The van der Waals surface area contributed by atoms with E-state index >= 15 is 0 Å². The Labute approximate surface area is 104 Å². The molecule has 0 aromatic heterocycles. The Balaban J connectivity index is 3.29. The maximum absolute atomic E-state index is 13.2. The van der Waals surface area contributed by atoms with Crippen molar-refractivity contribution in [1.29, 1.82) is 0 Å². The van der Waals surface area contributed by atoms with Gasteiger partial charge in [-0.3, -0.25) is 0 Å². The molecule has 2 atom stereocenters. The van der Waals surface area contributed by atoms with Crippen LogP contribution in [0.4, 0.5) is 17.6 Å². The van der Waals surface area contributed by atoms with Gasteiger partial charge in [-0.1, -0.05) is 26.3 Å². The van der Waals surface area contributed by atoms with E-state index in [1.165, 1.54) is 6.07 Å². The van der Waals surface area contributed by atoms with Crippen LogP contribution in [0.1, 0.15) is 38.3 Å². The van der Waals surface area contributed by atoms with Gasteiger partial charge in [-0.15, -0.1) is 0 Å². The first-order chi connectivity index (χ1) is 8.10. The first kappa shape index (κ1) is 15.0. The predicted octanol–water partition coefficient (Wildman–Crippen LogP) is 4.06. The third-order valence-corrected chi connectivity index (χ3v) is 3.53. The molecule has 0 heterocycles. The molecule has 1 nitrogen and oxygen atoms in total. The lowest BCUT2D eigenvalue weighted by Gasteiger charge is -2.32. The number of hydrogen-bond acceptors (Lipinski definition) is 1. The zero-order chi connectivity index (χ0) is 14.1. The Bertz CT molecular complexity index is 423. The number of hydrogen-bond donors (Lipinski definition) is 1. The van der Waals surface area contributed by atoms with Crippen molar-refractivity contribution < 1.29 is 17.6 Å². The van der Waals surface area contributed by atoms with Crippen LogP contribution in [0.15, 0.2) is 18.2 Å². The Kier molecular flexibility index (Phi) is 4.05. The topological polar surface area (TPSA) is 26.0 Å². The summed E-state index contributed by atoms with van der Waals surface area (Å²) in [5, 5.41) is 0. The molecular formula is C13H17F4N. The van der Waals surface area contributed by atoms with Crippen molar-refractivity contribution in [2.45, 2.75) is 38.9 Å². The molecule has 2 N–H and O–H groups in total. The highest BCUT2D eigenvalue weighted by Gasteiger charge is 2.36. The monoisotopic (exact) mass is 263 g/mol. The molecule has 0 saturated heterocycles. The molecule has 0 bridgehead atoms. The largest absolute Gasteiger partial charge is 0.419 e. The highest BCUT2D eigenvalue weighted by atomic mass is 19.4. The molecule has 0 amide bonds. The summed E-state index contributed by atoms with van der Waals surface area (Å²) in [5.74, 6) is -1.28. The molecule has 0 aliphatic heterocycles. The van der Waals surface area contributed by atoms with Crippen LogP contribution in [0.5, 0.6) is 0 Å². The lowest BCUT2D eigenvalue weighted by Crippen LogP contribution is -2.39. The van der Waals surface area contributed by atoms with E-state index in [9.17, 15) is 17.6 Å². The van der Waals surface area contributed by atoms with E-state index in [4.69, 9.17) is 5.73 Å². The molecule has 5 heteroatoms. The first-order valence-electron chi connectivity index (χ1n) is 5.76. The lowest BCUT2D eigenvalue weighted by molar-refractivity contribution is -0.140. The molecule has 0 saturated carbocycles. The third kappa shape index (κ3) is 2.83. The maximum atomic E-state index is 13.2. The second-order valence-corrected chi connectivity index (χ2v) is 4.78. The molecule has 0 spiro atoms. The van der Waals surface area contributed by atoms with Crippen LogP contribution < -0.4 is 5.73 Å². The normalized spacial score (nSPS) is 17.3. The second kappa shape index (κ2) is 4.88. The van der Waals surface area contributed by atoms with Crippen LogP contribution in [-0.2, 0) is 11.7 Å². The van der Waals surface area contributed by atoms with Crippen LogP contribution in [0, 0.1) is 11.7 Å². The van der Waals surface area contributed by atoms with Gasteiger partial charge in [-0.2, -0.15) is 13.2 Å². The SMILES string of the molecule is CCC(C)C(C)(N)c1ccc(F)c(C(F)(F)F)c1. The number of nitrogens with two attached hydrogens (primary N) is 1. The number of alkyl halides is 3. The molecule has 2 unspecified atom stereocenters. The van der Waals surface area contributed by atoms with E-state index in [0.717, 1.165) is 18.6 Å². The lowest BCUT2D eigenvalue weighted by atomic mass is 9.79. The van der Waals surface area contributed by atoms with Crippen molar-refractivity contribution in [2.24, 2.45) is 11.7 Å². The van der Waals surface area contributed by atoms with Crippen LogP contribution in [0.3, 0.4) is 0 Å². The van der Waals surface area contributed by atoms with Crippen molar-refractivity contribution in [3.63, 3.8) is 0 Å². The first-order valence-corrected chi connectivity index (χ1v) is 5.76. The Morgan fingerprint density at radius 1 is 1.28 bits per heavy atom. The summed E-state index contributed by atoms with van der Waals surface area (Å²) in [6, 6.07) is 2.95. The van der Waals surface area contributed by atoms with E-state index in [1.54, 1.807) is 6.92 Å². The molecule has 1 aromatic rings. The van der Waals surface area contributed by atoms with Crippen molar-refractivity contribution in [3.05, 3.63) is 35.1 Å². The molecule has 0 fully saturated rings. The third-order valence-electron chi connectivity index (χ3n) is 3.53. The predicted molar refractivity (Wildman–Crippen MR) is 62.4 cm³/mol. The minimum absolute atomic E-state index is 0.0101. The fraction of sp³-hybridized carbons (Fsp3) is 0.538. The van der Waals surface area contributed by atoms with Crippen LogP contribution in [0.25, 0.3) is 0 Å². The molecule has 0 aliphatic rings. The molecule has 0 radical (unpaired) electrons. The zero-order valence-electron chi connectivity index (χ0n) is 10.6. The highest BCUT2D eigenvalue weighted by molar-refractivity contribution is 5.32. The quantitative estimate of drug-likeness (QED) is 0.817. The summed E-state index contributed by atoms with van der Waals surface area (Å²) in [6.45, 7) is 5.43. The van der Waals surface area contributed by atoms with Crippen molar-refractivity contribution in [3.8, 4) is 0 Å². The van der Waals surface area contributed by atoms with E-state index in [1.807, 2.05) is 13.8 Å². The maximum Gasteiger partial charge on any atom is 0.419 e. The molecule has 18 heavy (non-hydrogen) atoms. The standard InChI is InChI=1S/C13H17F4N/c1-4-8(2)12(3,18)9-5-6-11(14)10(7-9)13(15,16)17/h5-8H,4,18H2,1-3H3. The van der Waals surface area contributed by atoms with Crippen LogP contribution in [-0.4, -0.2) is 0 Å². The smallest absolute Gasteiger partial charge is 0.321 e. The highest BCUT2D eigenvalue weighted by Crippen LogP contribution is 2.36. The van der Waals surface area contributed by atoms with E-state index in [0.29, 0.717) is 5.56 Å². The van der Waals surface area contributed by atoms with Crippen molar-refractivity contribution in [1.82, 2.24) is 0 Å².